The highest BCUT2D eigenvalue weighted by Crippen LogP contribution is 2.32. The summed E-state index contributed by atoms with van der Waals surface area (Å²) < 4.78 is 39.5. The highest BCUT2D eigenvalue weighted by Gasteiger charge is 2.38. The maximum Gasteiger partial charge on any atom is 0.490 e. The number of carbonyl (C=O) groups excluding carboxylic acids is 1. The van der Waals surface area contributed by atoms with Gasteiger partial charge in [-0.2, -0.15) is 18.3 Å². The number of hydrogen-bond donors (Lipinski definition) is 1. The Morgan fingerprint density at radius 3 is 2.58 bits per heavy atom. The molecule has 4 rings (SSSR count). The third kappa shape index (κ3) is 6.00. The Morgan fingerprint density at radius 1 is 1.29 bits per heavy atom. The second-order valence-electron chi connectivity index (χ2n) is 7.43. The highest BCUT2D eigenvalue weighted by atomic mass is 19.4. The number of aliphatic carboxylic acids is 1. The lowest BCUT2D eigenvalue weighted by molar-refractivity contribution is -0.192. The fraction of sp³-hybridized carbons (Fsp3) is 0.526. The number of carboxylic acid groups (broad SMARTS) is 1. The Kier molecular flexibility index (Phi) is 6.88. The molecule has 0 radical (unpaired) electrons. The molecule has 12 heteroatoms. The first-order chi connectivity index (χ1) is 14.7. The number of amides is 1. The third-order valence-electron chi connectivity index (χ3n) is 5.02. The van der Waals surface area contributed by atoms with Gasteiger partial charge in [-0.05, 0) is 24.8 Å². The molecule has 1 N–H and O–H groups in total. The Morgan fingerprint density at radius 2 is 2.00 bits per heavy atom. The molecule has 0 saturated heterocycles. The largest absolute Gasteiger partial charge is 0.490 e. The number of ether oxygens (including phenoxy) is 1. The minimum Gasteiger partial charge on any atom is -0.475 e. The number of nitrogens with zero attached hydrogens (tertiary/aromatic N) is 5. The molecular formula is C19H22F3N5O4. The summed E-state index contributed by atoms with van der Waals surface area (Å²) in [6.45, 7) is 2.63. The van der Waals surface area contributed by atoms with Gasteiger partial charge in [-0.1, -0.05) is 0 Å². The monoisotopic (exact) mass is 441 g/mol. The van der Waals surface area contributed by atoms with Crippen molar-refractivity contribution in [1.29, 1.82) is 0 Å². The van der Waals surface area contributed by atoms with Crippen molar-refractivity contribution in [2.45, 2.75) is 31.5 Å². The first-order valence-corrected chi connectivity index (χ1v) is 9.60. The fourth-order valence-corrected chi connectivity index (χ4v) is 3.16. The van der Waals surface area contributed by atoms with Crippen LogP contribution in [0.5, 0.6) is 0 Å². The molecule has 1 amide bonds. The minimum absolute atomic E-state index is 0.0727. The molecule has 1 fully saturated rings. The number of alkyl halides is 3. The summed E-state index contributed by atoms with van der Waals surface area (Å²) in [4.78, 5) is 31.4. The number of aryl methyl sites for hydroxylation is 1. The fourth-order valence-electron chi connectivity index (χ4n) is 3.16. The number of carboxylic acids is 1. The third-order valence-corrected chi connectivity index (χ3v) is 5.02. The molecule has 2 aromatic rings. The Bertz CT molecular complexity index is 915. The van der Waals surface area contributed by atoms with Gasteiger partial charge in [-0.25, -0.2) is 14.8 Å². The van der Waals surface area contributed by atoms with E-state index in [-0.39, 0.29) is 11.8 Å². The predicted molar refractivity (Wildman–Crippen MR) is 100.0 cm³/mol. The smallest absolute Gasteiger partial charge is 0.475 e. The molecule has 1 unspecified atom stereocenters. The molecule has 9 nitrogen and oxygen atoms in total. The van der Waals surface area contributed by atoms with Gasteiger partial charge in [0.05, 0.1) is 25.0 Å². The molecule has 2 aliphatic rings. The van der Waals surface area contributed by atoms with Crippen molar-refractivity contribution in [3.63, 3.8) is 0 Å². The molecule has 3 heterocycles. The Hall–Kier alpha value is -3.02. The van der Waals surface area contributed by atoms with E-state index in [0.717, 1.165) is 18.2 Å². The van der Waals surface area contributed by atoms with E-state index in [2.05, 4.69) is 15.1 Å². The average molecular weight is 441 g/mol. The van der Waals surface area contributed by atoms with E-state index in [1.165, 1.54) is 24.7 Å². The SMILES string of the molecule is Cn1ncc2c1CN(C(=O)c1ccncn1)CC2COCC1CC1.O=C(O)C(F)(F)F. The molecule has 1 aliphatic carbocycles. The van der Waals surface area contributed by atoms with Crippen LogP contribution < -0.4 is 0 Å². The predicted octanol–water partition coefficient (Wildman–Crippen LogP) is 2.01. The molecule has 0 spiro atoms. The van der Waals surface area contributed by atoms with E-state index in [1.54, 1.807) is 12.3 Å². The van der Waals surface area contributed by atoms with Crippen LogP contribution >= 0.6 is 0 Å². The summed E-state index contributed by atoms with van der Waals surface area (Å²) >= 11 is 0. The number of fused-ring (bicyclic) bond motifs is 1. The van der Waals surface area contributed by atoms with Crippen LogP contribution in [0.15, 0.2) is 24.8 Å². The lowest BCUT2D eigenvalue weighted by atomic mass is 9.95. The van der Waals surface area contributed by atoms with Gasteiger partial charge in [-0.3, -0.25) is 9.48 Å². The van der Waals surface area contributed by atoms with Crippen LogP contribution in [0.2, 0.25) is 0 Å². The second-order valence-corrected chi connectivity index (χ2v) is 7.43. The molecule has 0 bridgehead atoms. The van der Waals surface area contributed by atoms with Gasteiger partial charge in [0.25, 0.3) is 5.91 Å². The van der Waals surface area contributed by atoms with E-state index < -0.39 is 12.1 Å². The van der Waals surface area contributed by atoms with E-state index in [0.29, 0.717) is 25.4 Å². The number of hydrogen-bond acceptors (Lipinski definition) is 6. The molecule has 31 heavy (non-hydrogen) atoms. The number of halogens is 3. The van der Waals surface area contributed by atoms with Crippen LogP contribution in [-0.2, 0) is 23.1 Å². The minimum atomic E-state index is -5.08. The first-order valence-electron chi connectivity index (χ1n) is 9.60. The molecule has 168 valence electrons. The molecule has 0 aromatic carbocycles. The van der Waals surface area contributed by atoms with E-state index >= 15 is 0 Å². The van der Waals surface area contributed by atoms with Gasteiger partial charge in [0, 0.05) is 37.9 Å². The highest BCUT2D eigenvalue weighted by molar-refractivity contribution is 5.92. The van der Waals surface area contributed by atoms with Crippen molar-refractivity contribution < 1.29 is 32.6 Å². The summed E-state index contributed by atoms with van der Waals surface area (Å²) in [7, 11) is 1.92. The lowest BCUT2D eigenvalue weighted by Gasteiger charge is -2.32. The molecule has 2 aromatic heterocycles. The normalized spacial score (nSPS) is 18.1. The molecular weight excluding hydrogens is 419 g/mol. The Balaban J connectivity index is 0.000000339. The zero-order valence-electron chi connectivity index (χ0n) is 16.7. The van der Waals surface area contributed by atoms with E-state index in [1.807, 2.05) is 22.8 Å². The van der Waals surface area contributed by atoms with E-state index in [9.17, 15) is 18.0 Å². The lowest BCUT2D eigenvalue weighted by Crippen LogP contribution is -2.40. The van der Waals surface area contributed by atoms with Gasteiger partial charge in [0.15, 0.2) is 0 Å². The Labute approximate surface area is 175 Å². The molecule has 1 aliphatic heterocycles. The van der Waals surface area contributed by atoms with Crippen molar-refractivity contribution in [3.8, 4) is 0 Å². The average Bonchev–Trinajstić information content (AvgIpc) is 3.49. The summed E-state index contributed by atoms with van der Waals surface area (Å²) in [5.41, 5.74) is 2.69. The maximum absolute atomic E-state index is 12.7. The maximum atomic E-state index is 12.7. The molecule has 1 atom stereocenters. The van der Waals surface area contributed by atoms with Crippen molar-refractivity contribution in [3.05, 3.63) is 41.7 Å². The topological polar surface area (TPSA) is 110 Å². The van der Waals surface area contributed by atoms with Crippen molar-refractivity contribution >= 4 is 11.9 Å². The second kappa shape index (κ2) is 9.41. The van der Waals surface area contributed by atoms with Crippen LogP contribution in [0.4, 0.5) is 13.2 Å². The quantitative estimate of drug-likeness (QED) is 0.756. The van der Waals surface area contributed by atoms with Crippen molar-refractivity contribution in [2.75, 3.05) is 19.8 Å². The summed E-state index contributed by atoms with van der Waals surface area (Å²) in [5.74, 6) is -1.93. The van der Waals surface area contributed by atoms with Gasteiger partial charge in [-0.15, -0.1) is 0 Å². The van der Waals surface area contributed by atoms with Gasteiger partial charge >= 0.3 is 12.1 Å². The number of carbonyl (C=O) groups is 2. The van der Waals surface area contributed by atoms with Crippen LogP contribution in [0.25, 0.3) is 0 Å². The van der Waals surface area contributed by atoms with Crippen molar-refractivity contribution in [2.24, 2.45) is 13.0 Å². The summed E-state index contributed by atoms with van der Waals surface area (Å²) in [5, 5.41) is 11.5. The number of aromatic nitrogens is 4. The van der Waals surface area contributed by atoms with Crippen LogP contribution in [0.3, 0.4) is 0 Å². The van der Waals surface area contributed by atoms with Crippen LogP contribution in [-0.4, -0.2) is 67.6 Å². The first kappa shape index (κ1) is 22.7. The molecule has 1 saturated carbocycles. The summed E-state index contributed by atoms with van der Waals surface area (Å²) in [6, 6.07) is 1.65. The summed E-state index contributed by atoms with van der Waals surface area (Å²) in [6.07, 6.45) is 2.38. The van der Waals surface area contributed by atoms with Gasteiger partial charge in [0.1, 0.15) is 12.0 Å². The van der Waals surface area contributed by atoms with Crippen LogP contribution in [0, 0.1) is 5.92 Å². The standard InChI is InChI=1S/C17H21N5O2.C2HF3O2/c1-21-16-8-22(17(23)15-4-5-18-11-19-15)7-13(14(16)6-20-21)10-24-9-12-2-3-12;3-2(4,5)1(6)7/h4-6,11-13H,2-3,7-10H2,1H3;(H,6,7). The zero-order chi connectivity index (χ0) is 22.6. The van der Waals surface area contributed by atoms with Crippen LogP contribution in [0.1, 0.15) is 40.5 Å². The van der Waals surface area contributed by atoms with Crippen molar-refractivity contribution in [1.82, 2.24) is 24.6 Å². The zero-order valence-corrected chi connectivity index (χ0v) is 16.7. The van der Waals surface area contributed by atoms with Gasteiger partial charge < -0.3 is 14.7 Å². The van der Waals surface area contributed by atoms with Gasteiger partial charge in [0.2, 0.25) is 0 Å². The van der Waals surface area contributed by atoms with E-state index in [4.69, 9.17) is 14.6 Å². The number of rotatable bonds is 5.